The molecule has 11 nitrogen and oxygen atoms in total. The summed E-state index contributed by atoms with van der Waals surface area (Å²) < 4.78 is 12.3. The molecule has 1 saturated heterocycles. The molecule has 0 unspecified atom stereocenters. The summed E-state index contributed by atoms with van der Waals surface area (Å²) in [4.78, 5) is 48.3. The highest BCUT2D eigenvalue weighted by Crippen LogP contribution is 2.29. The number of aromatic nitrogens is 3. The first-order chi connectivity index (χ1) is 15.2. The number of hydrogen-bond donors (Lipinski definition) is 5. The van der Waals surface area contributed by atoms with Crippen LogP contribution in [0.25, 0.3) is 0 Å². The molecule has 2 amide bonds. The van der Waals surface area contributed by atoms with Crippen LogP contribution < -0.4 is 15.5 Å². The fourth-order valence-electron chi connectivity index (χ4n) is 3.23. The van der Waals surface area contributed by atoms with Gasteiger partial charge in [0, 0.05) is 19.6 Å². The number of aromatic carboxylic acids is 1. The lowest BCUT2D eigenvalue weighted by Gasteiger charge is -2.35. The number of amides is 2. The zero-order valence-electron chi connectivity index (χ0n) is 17.0. The second kappa shape index (κ2) is 10.2. The summed E-state index contributed by atoms with van der Waals surface area (Å²) in [5.74, 6) is -2.56. The fourth-order valence-corrected chi connectivity index (χ4v) is 4.43. The first-order valence-corrected chi connectivity index (χ1v) is 11.0. The Balaban J connectivity index is 1.67. The second-order valence-corrected chi connectivity index (χ2v) is 8.35. The van der Waals surface area contributed by atoms with Crippen LogP contribution in [0.2, 0.25) is 5.15 Å². The minimum Gasteiger partial charge on any atom is -0.477 e. The number of alkyl halides is 1. The van der Waals surface area contributed by atoms with E-state index < -0.39 is 36.6 Å². The summed E-state index contributed by atoms with van der Waals surface area (Å²) in [5, 5.41) is 25.3. The molecule has 1 aliphatic rings. The van der Waals surface area contributed by atoms with Gasteiger partial charge in [0.15, 0.2) is 21.8 Å². The number of carbonyl (C=O) groups excluding carboxylic acids is 2. The molecule has 174 valence electrons. The first kappa shape index (κ1) is 23.9. The molecule has 2 atom stereocenters. The van der Waals surface area contributed by atoms with Crippen molar-refractivity contribution in [3.05, 3.63) is 27.2 Å². The van der Waals surface area contributed by atoms with Crippen molar-refractivity contribution in [3.63, 3.8) is 0 Å². The highest BCUT2D eigenvalue weighted by atomic mass is 35.5. The number of rotatable bonds is 8. The van der Waals surface area contributed by atoms with Crippen LogP contribution in [0.4, 0.5) is 9.52 Å². The number of imidazole rings is 1. The van der Waals surface area contributed by atoms with Crippen molar-refractivity contribution in [2.45, 2.75) is 31.9 Å². The van der Waals surface area contributed by atoms with E-state index in [1.54, 1.807) is 4.90 Å². The number of carbonyl (C=O) groups is 3. The Morgan fingerprint density at radius 2 is 2.09 bits per heavy atom. The van der Waals surface area contributed by atoms with Crippen LogP contribution >= 0.6 is 22.9 Å². The van der Waals surface area contributed by atoms with E-state index in [2.05, 4.69) is 25.6 Å². The number of halogens is 2. The van der Waals surface area contributed by atoms with Crippen molar-refractivity contribution >= 4 is 45.9 Å². The van der Waals surface area contributed by atoms with E-state index in [1.165, 1.54) is 0 Å². The number of aliphatic hydroxyl groups excluding tert-OH is 1. The van der Waals surface area contributed by atoms with E-state index in [0.717, 1.165) is 11.3 Å². The van der Waals surface area contributed by atoms with Crippen LogP contribution in [0.5, 0.6) is 0 Å². The predicted molar refractivity (Wildman–Crippen MR) is 114 cm³/mol. The maximum Gasteiger partial charge on any atom is 0.348 e. The fraction of sp³-hybridized carbons (Fsp3) is 0.500. The van der Waals surface area contributed by atoms with Gasteiger partial charge in [-0.2, -0.15) is 0 Å². The number of carboxylic acid groups (broad SMARTS) is 1. The molecule has 5 N–H and O–H groups in total. The van der Waals surface area contributed by atoms with Gasteiger partial charge in [-0.3, -0.25) is 9.59 Å². The summed E-state index contributed by atoms with van der Waals surface area (Å²) in [6.45, 7) is 1.22. The van der Waals surface area contributed by atoms with Gasteiger partial charge in [0.2, 0.25) is 0 Å². The summed E-state index contributed by atoms with van der Waals surface area (Å²) in [6.07, 6.45) is -0.0577. The van der Waals surface area contributed by atoms with E-state index in [-0.39, 0.29) is 39.8 Å². The van der Waals surface area contributed by atoms with Crippen molar-refractivity contribution in [2.75, 3.05) is 31.2 Å². The molecule has 1 aliphatic heterocycles. The highest BCUT2D eigenvalue weighted by Gasteiger charge is 2.33. The Morgan fingerprint density at radius 3 is 2.69 bits per heavy atom. The van der Waals surface area contributed by atoms with Gasteiger partial charge in [-0.15, -0.1) is 0 Å². The Hall–Kier alpha value is -2.77. The van der Waals surface area contributed by atoms with Crippen LogP contribution in [0.15, 0.2) is 0 Å². The number of anilines is 1. The molecule has 0 aliphatic carbocycles. The summed E-state index contributed by atoms with van der Waals surface area (Å²) in [7, 11) is 0. The number of hydrogen-bond acceptors (Lipinski definition) is 8. The molecule has 0 radical (unpaired) electrons. The molecule has 0 spiro atoms. The molecule has 3 rings (SSSR count). The number of thiazole rings is 1. The first-order valence-electron chi connectivity index (χ1n) is 9.81. The minimum atomic E-state index is -1.33. The third-order valence-electron chi connectivity index (χ3n) is 4.87. The maximum atomic E-state index is 12.4. The molecular weight excluding hydrogens is 467 g/mol. The summed E-state index contributed by atoms with van der Waals surface area (Å²) in [5.41, 5.74) is 0.328. The third kappa shape index (κ3) is 5.16. The van der Waals surface area contributed by atoms with Crippen molar-refractivity contribution in [1.82, 2.24) is 25.6 Å². The van der Waals surface area contributed by atoms with Crippen molar-refractivity contribution in [3.8, 4) is 0 Å². The van der Waals surface area contributed by atoms with E-state index in [9.17, 15) is 29.0 Å². The number of piperidine rings is 1. The summed E-state index contributed by atoms with van der Waals surface area (Å²) in [6, 6.07) is -0.570. The minimum absolute atomic E-state index is 0.0523. The number of nitrogens with one attached hydrogen (secondary N) is 3. The average molecular weight is 489 g/mol. The lowest BCUT2D eigenvalue weighted by Crippen LogP contribution is -2.54. The number of H-pyrrole nitrogens is 1. The number of β-amino-alcohol motifs (C(OH)–C–C–N with tert-alkyl or cyclic N) is 1. The Bertz CT molecular complexity index is 1010. The SMILES string of the molecule is CCc1[nH]c(C(=O)N[C@@H]2CCN(c3nc(C(=O)NCCF)c(C(=O)O)s3)C[C@@H]2O)nc1Cl. The largest absolute Gasteiger partial charge is 0.477 e. The Labute approximate surface area is 191 Å². The van der Waals surface area contributed by atoms with E-state index >= 15 is 0 Å². The topological polar surface area (TPSA) is 161 Å². The molecule has 2 aromatic heterocycles. The van der Waals surface area contributed by atoms with Crippen LogP contribution in [0.3, 0.4) is 0 Å². The smallest absolute Gasteiger partial charge is 0.348 e. The number of aliphatic hydroxyl groups is 1. The zero-order chi connectivity index (χ0) is 23.4. The van der Waals surface area contributed by atoms with E-state index in [0.29, 0.717) is 25.1 Å². The van der Waals surface area contributed by atoms with Crippen LogP contribution in [0, 0.1) is 0 Å². The van der Waals surface area contributed by atoms with Gasteiger partial charge in [0.1, 0.15) is 11.6 Å². The van der Waals surface area contributed by atoms with Crippen molar-refractivity contribution in [1.29, 1.82) is 0 Å². The molecule has 2 aromatic rings. The highest BCUT2D eigenvalue weighted by molar-refractivity contribution is 7.17. The molecular formula is C18H22ClFN6O5S. The van der Waals surface area contributed by atoms with Gasteiger partial charge >= 0.3 is 5.97 Å². The van der Waals surface area contributed by atoms with Crippen LogP contribution in [0.1, 0.15) is 49.8 Å². The standard InChI is InChI=1S/C18H22ClFN6O5S/c1-2-8-13(19)25-14(22-8)16(29)23-9-3-6-26(7-10(9)27)18-24-11(12(32-18)17(30)31)15(28)21-5-4-20/h9-10,27H,2-7H2,1H3,(H,21,28)(H,22,25)(H,23,29)(H,30,31)/t9-,10+/m1/s1. The zero-order valence-corrected chi connectivity index (χ0v) is 18.6. The summed E-state index contributed by atoms with van der Waals surface area (Å²) >= 11 is 6.75. The molecule has 3 heterocycles. The number of nitrogens with zero attached hydrogens (tertiary/aromatic N) is 3. The van der Waals surface area contributed by atoms with Gasteiger partial charge in [0.05, 0.1) is 17.8 Å². The molecule has 32 heavy (non-hydrogen) atoms. The lowest BCUT2D eigenvalue weighted by molar-refractivity contribution is 0.0695. The van der Waals surface area contributed by atoms with Gasteiger partial charge in [-0.05, 0) is 12.8 Å². The van der Waals surface area contributed by atoms with Gasteiger partial charge in [0.25, 0.3) is 11.8 Å². The molecule has 14 heteroatoms. The monoisotopic (exact) mass is 488 g/mol. The quantitative estimate of drug-likeness (QED) is 0.365. The molecule has 1 fully saturated rings. The van der Waals surface area contributed by atoms with Crippen molar-refractivity contribution in [2.24, 2.45) is 0 Å². The Kier molecular flexibility index (Phi) is 7.64. The second-order valence-electron chi connectivity index (χ2n) is 7.01. The lowest BCUT2D eigenvalue weighted by atomic mass is 10.0. The predicted octanol–water partition coefficient (Wildman–Crippen LogP) is 0.849. The third-order valence-corrected chi connectivity index (χ3v) is 6.29. The van der Waals surface area contributed by atoms with Gasteiger partial charge in [-0.1, -0.05) is 29.9 Å². The number of carboxylic acids is 1. The van der Waals surface area contributed by atoms with Gasteiger partial charge < -0.3 is 30.7 Å². The maximum absolute atomic E-state index is 12.4. The van der Waals surface area contributed by atoms with E-state index in [1.807, 2.05) is 6.92 Å². The normalized spacial score (nSPS) is 18.4. The van der Waals surface area contributed by atoms with Crippen LogP contribution in [-0.2, 0) is 6.42 Å². The van der Waals surface area contributed by atoms with Crippen molar-refractivity contribution < 1.29 is 29.0 Å². The number of aromatic amines is 1. The average Bonchev–Trinajstić information content (AvgIpc) is 3.37. The Morgan fingerprint density at radius 1 is 1.34 bits per heavy atom. The molecule has 0 aromatic carbocycles. The molecule has 0 bridgehead atoms. The molecule has 0 saturated carbocycles. The van der Waals surface area contributed by atoms with Crippen LogP contribution in [-0.4, -0.2) is 81.4 Å². The number of aryl methyl sites for hydroxylation is 1. The van der Waals surface area contributed by atoms with E-state index in [4.69, 9.17) is 11.6 Å². The van der Waals surface area contributed by atoms with Gasteiger partial charge in [-0.25, -0.2) is 19.2 Å².